The standard InChI is InChI=1S/C21H17N3O2/c25-20(23-17-7-2-1-3-8-17)18-14-16(10-12-22-18)21(26)24-13-11-15-6-4-5-9-19(15)24/h1-10,12,14H,11,13H2,(H,23,25). The average molecular weight is 343 g/mol. The third-order valence-electron chi connectivity index (χ3n) is 4.40. The van der Waals surface area contributed by atoms with Crippen molar-refractivity contribution in [3.8, 4) is 0 Å². The second-order valence-electron chi connectivity index (χ2n) is 6.09. The molecular formula is C21H17N3O2. The number of benzene rings is 2. The van der Waals surface area contributed by atoms with Crippen LogP contribution in [0.15, 0.2) is 72.9 Å². The van der Waals surface area contributed by atoms with Crippen LogP contribution in [0.1, 0.15) is 26.4 Å². The van der Waals surface area contributed by atoms with Gasteiger partial charge in [-0.3, -0.25) is 14.6 Å². The molecule has 2 heterocycles. The van der Waals surface area contributed by atoms with Crippen LogP contribution >= 0.6 is 0 Å². The van der Waals surface area contributed by atoms with Gasteiger partial charge in [0.1, 0.15) is 5.69 Å². The lowest BCUT2D eigenvalue weighted by Crippen LogP contribution is -2.29. The highest BCUT2D eigenvalue weighted by atomic mass is 16.2. The fourth-order valence-corrected chi connectivity index (χ4v) is 3.11. The van der Waals surface area contributed by atoms with Gasteiger partial charge in [0.2, 0.25) is 0 Å². The van der Waals surface area contributed by atoms with Gasteiger partial charge in [0, 0.05) is 29.7 Å². The number of nitrogens with one attached hydrogen (secondary N) is 1. The minimum Gasteiger partial charge on any atom is -0.321 e. The van der Waals surface area contributed by atoms with Gasteiger partial charge in [0.25, 0.3) is 11.8 Å². The van der Waals surface area contributed by atoms with Gasteiger partial charge >= 0.3 is 0 Å². The predicted molar refractivity (Wildman–Crippen MR) is 100 cm³/mol. The molecule has 0 atom stereocenters. The number of hydrogen-bond acceptors (Lipinski definition) is 3. The lowest BCUT2D eigenvalue weighted by Gasteiger charge is -2.17. The monoisotopic (exact) mass is 343 g/mol. The fraction of sp³-hybridized carbons (Fsp3) is 0.0952. The van der Waals surface area contributed by atoms with Gasteiger partial charge in [-0.05, 0) is 42.3 Å². The Morgan fingerprint density at radius 3 is 2.58 bits per heavy atom. The number of carbonyl (C=O) groups is 2. The Morgan fingerprint density at radius 2 is 1.73 bits per heavy atom. The molecule has 0 unspecified atom stereocenters. The smallest absolute Gasteiger partial charge is 0.274 e. The molecule has 1 aliphatic rings. The van der Waals surface area contributed by atoms with Crippen molar-refractivity contribution in [1.82, 2.24) is 4.98 Å². The lowest BCUT2D eigenvalue weighted by molar-refractivity contribution is 0.0989. The first-order chi connectivity index (χ1) is 12.7. The summed E-state index contributed by atoms with van der Waals surface area (Å²) in [6.45, 7) is 0.645. The summed E-state index contributed by atoms with van der Waals surface area (Å²) in [6.07, 6.45) is 2.34. The summed E-state index contributed by atoms with van der Waals surface area (Å²) in [5, 5.41) is 2.78. The van der Waals surface area contributed by atoms with Crippen molar-refractivity contribution < 1.29 is 9.59 Å². The van der Waals surface area contributed by atoms with Crippen LogP contribution < -0.4 is 10.2 Å². The van der Waals surface area contributed by atoms with Crippen molar-refractivity contribution in [2.45, 2.75) is 6.42 Å². The van der Waals surface area contributed by atoms with Gasteiger partial charge in [0.05, 0.1) is 0 Å². The highest BCUT2D eigenvalue weighted by Crippen LogP contribution is 2.28. The van der Waals surface area contributed by atoms with E-state index in [0.29, 0.717) is 17.8 Å². The van der Waals surface area contributed by atoms with Crippen LogP contribution in [-0.2, 0) is 6.42 Å². The van der Waals surface area contributed by atoms with Gasteiger partial charge in [-0.1, -0.05) is 36.4 Å². The molecule has 0 saturated heterocycles. The third-order valence-corrected chi connectivity index (χ3v) is 4.40. The maximum absolute atomic E-state index is 12.9. The molecule has 5 heteroatoms. The zero-order valence-electron chi connectivity index (χ0n) is 14.1. The zero-order chi connectivity index (χ0) is 17.9. The number of hydrogen-bond donors (Lipinski definition) is 1. The Balaban J connectivity index is 1.56. The summed E-state index contributed by atoms with van der Waals surface area (Å²) in [7, 11) is 0. The first-order valence-electron chi connectivity index (χ1n) is 8.44. The Kier molecular flexibility index (Phi) is 4.19. The minimum absolute atomic E-state index is 0.119. The van der Waals surface area contributed by atoms with E-state index in [9.17, 15) is 9.59 Å². The zero-order valence-corrected chi connectivity index (χ0v) is 14.1. The van der Waals surface area contributed by atoms with E-state index in [1.54, 1.807) is 29.2 Å². The topological polar surface area (TPSA) is 62.3 Å². The molecule has 0 radical (unpaired) electrons. The van der Waals surface area contributed by atoms with Crippen molar-refractivity contribution in [3.63, 3.8) is 0 Å². The van der Waals surface area contributed by atoms with E-state index in [-0.39, 0.29) is 17.5 Å². The Hall–Kier alpha value is -3.47. The van der Waals surface area contributed by atoms with Crippen molar-refractivity contribution in [1.29, 1.82) is 0 Å². The van der Waals surface area contributed by atoms with Gasteiger partial charge < -0.3 is 10.2 Å². The molecule has 1 aliphatic heterocycles. The van der Waals surface area contributed by atoms with Crippen LogP contribution in [0.2, 0.25) is 0 Å². The fourth-order valence-electron chi connectivity index (χ4n) is 3.11. The van der Waals surface area contributed by atoms with Crippen LogP contribution in [-0.4, -0.2) is 23.3 Å². The lowest BCUT2D eigenvalue weighted by atomic mass is 10.1. The van der Waals surface area contributed by atoms with Crippen molar-refractivity contribution >= 4 is 23.2 Å². The van der Waals surface area contributed by atoms with Gasteiger partial charge in [0.15, 0.2) is 0 Å². The molecule has 5 nitrogen and oxygen atoms in total. The molecule has 128 valence electrons. The van der Waals surface area contributed by atoms with Crippen LogP contribution in [0.3, 0.4) is 0 Å². The maximum atomic E-state index is 12.9. The molecule has 0 saturated carbocycles. The second-order valence-corrected chi connectivity index (χ2v) is 6.09. The molecule has 26 heavy (non-hydrogen) atoms. The molecular weight excluding hydrogens is 326 g/mol. The van der Waals surface area contributed by atoms with Gasteiger partial charge in [-0.2, -0.15) is 0 Å². The highest BCUT2D eigenvalue weighted by Gasteiger charge is 2.25. The van der Waals surface area contributed by atoms with Crippen LogP contribution in [0.5, 0.6) is 0 Å². The normalized spacial score (nSPS) is 12.5. The largest absolute Gasteiger partial charge is 0.321 e. The molecule has 0 bridgehead atoms. The SMILES string of the molecule is O=C(Nc1ccccc1)c1cc(C(=O)N2CCc3ccccc32)ccn1. The summed E-state index contributed by atoms with van der Waals surface area (Å²) in [5.41, 5.74) is 3.45. The van der Waals surface area contributed by atoms with E-state index in [1.807, 2.05) is 42.5 Å². The first kappa shape index (κ1) is 16.0. The number of nitrogens with zero attached hydrogens (tertiary/aromatic N) is 2. The summed E-state index contributed by atoms with van der Waals surface area (Å²) in [4.78, 5) is 31.2. The maximum Gasteiger partial charge on any atom is 0.274 e. The number of fused-ring (bicyclic) bond motifs is 1. The Bertz CT molecular complexity index is 970. The van der Waals surface area contributed by atoms with E-state index < -0.39 is 0 Å². The quantitative estimate of drug-likeness (QED) is 0.791. The molecule has 3 aromatic rings. The molecule has 2 amide bonds. The number of rotatable bonds is 3. The molecule has 0 aliphatic carbocycles. The molecule has 4 rings (SSSR count). The Morgan fingerprint density at radius 1 is 0.962 bits per heavy atom. The van der Waals surface area contributed by atoms with Gasteiger partial charge in [-0.25, -0.2) is 0 Å². The van der Waals surface area contributed by atoms with Crippen molar-refractivity contribution in [2.24, 2.45) is 0 Å². The van der Waals surface area contributed by atoms with E-state index >= 15 is 0 Å². The molecule has 0 fully saturated rings. The van der Waals surface area contributed by atoms with Crippen LogP contribution in [0.25, 0.3) is 0 Å². The molecule has 1 N–H and O–H groups in total. The Labute approximate surface area is 151 Å². The third kappa shape index (κ3) is 3.07. The van der Waals surface area contributed by atoms with Crippen LogP contribution in [0.4, 0.5) is 11.4 Å². The number of pyridine rings is 1. The number of amides is 2. The minimum atomic E-state index is -0.340. The summed E-state index contributed by atoms with van der Waals surface area (Å²) in [6, 6.07) is 20.2. The molecule has 1 aromatic heterocycles. The van der Waals surface area contributed by atoms with Crippen molar-refractivity contribution in [3.05, 3.63) is 89.7 Å². The number of para-hydroxylation sites is 2. The van der Waals surface area contributed by atoms with Gasteiger partial charge in [-0.15, -0.1) is 0 Å². The first-order valence-corrected chi connectivity index (χ1v) is 8.44. The predicted octanol–water partition coefficient (Wildman–Crippen LogP) is 3.54. The highest BCUT2D eigenvalue weighted by molar-refractivity contribution is 6.09. The van der Waals surface area contributed by atoms with E-state index in [1.165, 1.54) is 6.20 Å². The van der Waals surface area contributed by atoms with Crippen LogP contribution in [0, 0.1) is 0 Å². The molecule has 2 aromatic carbocycles. The second kappa shape index (κ2) is 6.80. The number of aromatic nitrogens is 1. The van der Waals surface area contributed by atoms with E-state index in [2.05, 4.69) is 10.3 Å². The van der Waals surface area contributed by atoms with E-state index in [0.717, 1.165) is 17.7 Å². The summed E-state index contributed by atoms with van der Waals surface area (Å²) in [5.74, 6) is -0.459. The summed E-state index contributed by atoms with van der Waals surface area (Å²) >= 11 is 0. The summed E-state index contributed by atoms with van der Waals surface area (Å²) < 4.78 is 0. The molecule has 0 spiro atoms. The van der Waals surface area contributed by atoms with E-state index in [4.69, 9.17) is 0 Å². The number of carbonyl (C=O) groups excluding carboxylic acids is 2. The van der Waals surface area contributed by atoms with Crippen molar-refractivity contribution in [2.75, 3.05) is 16.8 Å². The number of anilines is 2. The average Bonchev–Trinajstić information content (AvgIpc) is 3.12.